The molecule has 102 valence electrons. The summed E-state index contributed by atoms with van der Waals surface area (Å²) < 4.78 is 7.87. The topological polar surface area (TPSA) is 42.3 Å². The number of hydrogen-bond donors (Lipinski definition) is 1. The van der Waals surface area contributed by atoms with E-state index in [1.54, 1.807) is 0 Å². The van der Waals surface area contributed by atoms with Crippen molar-refractivity contribution in [3.63, 3.8) is 0 Å². The fraction of sp³-hybridized carbons (Fsp3) is 0.769. The van der Waals surface area contributed by atoms with Crippen LogP contribution in [0.15, 0.2) is 18.7 Å². The number of rotatable bonds is 6. The van der Waals surface area contributed by atoms with Gasteiger partial charge in [0.2, 0.25) is 0 Å². The Bertz CT molecular complexity index is 328. The molecular weight excluding hydrogens is 228 g/mol. The molecule has 0 aromatic carbocycles. The lowest BCUT2D eigenvalue weighted by Crippen LogP contribution is -2.48. The first kappa shape index (κ1) is 13.5. The van der Waals surface area contributed by atoms with Crippen LogP contribution in [0, 0.1) is 0 Å². The van der Waals surface area contributed by atoms with Gasteiger partial charge in [-0.2, -0.15) is 0 Å². The Morgan fingerprint density at radius 2 is 2.44 bits per heavy atom. The number of ether oxygens (including phenoxy) is 1. The highest BCUT2D eigenvalue weighted by Crippen LogP contribution is 2.04. The maximum atomic E-state index is 5.77. The third-order valence-electron chi connectivity index (χ3n) is 3.41. The van der Waals surface area contributed by atoms with E-state index in [4.69, 9.17) is 4.74 Å². The van der Waals surface area contributed by atoms with Gasteiger partial charge in [0.05, 0.1) is 19.0 Å². The van der Waals surface area contributed by atoms with E-state index in [-0.39, 0.29) is 0 Å². The van der Waals surface area contributed by atoms with Crippen molar-refractivity contribution in [3.05, 3.63) is 18.7 Å². The number of hydrogen-bond acceptors (Lipinski definition) is 4. The number of imidazole rings is 1. The fourth-order valence-electron chi connectivity index (χ4n) is 2.30. The highest BCUT2D eigenvalue weighted by Gasteiger charge is 2.19. The lowest BCUT2D eigenvalue weighted by Gasteiger charge is -2.32. The molecule has 2 rings (SSSR count). The van der Waals surface area contributed by atoms with Crippen LogP contribution in [0.4, 0.5) is 0 Å². The second-order valence-corrected chi connectivity index (χ2v) is 4.95. The SMILES string of the molecule is CCN1CCOC(CNC(C)Cn2ccnc2)C1. The zero-order valence-electron chi connectivity index (χ0n) is 11.4. The second kappa shape index (κ2) is 6.87. The predicted molar refractivity (Wildman–Crippen MR) is 71.5 cm³/mol. The molecule has 1 N–H and O–H groups in total. The average Bonchev–Trinajstić information content (AvgIpc) is 2.89. The van der Waals surface area contributed by atoms with Gasteiger partial charge in [-0.05, 0) is 13.5 Å². The van der Waals surface area contributed by atoms with Gasteiger partial charge in [0, 0.05) is 44.6 Å². The Kier molecular flexibility index (Phi) is 5.16. The van der Waals surface area contributed by atoms with Crippen LogP contribution < -0.4 is 5.32 Å². The van der Waals surface area contributed by atoms with Crippen molar-refractivity contribution >= 4 is 0 Å². The molecule has 1 fully saturated rings. The van der Waals surface area contributed by atoms with E-state index in [2.05, 4.69) is 33.6 Å². The van der Waals surface area contributed by atoms with E-state index in [0.717, 1.165) is 39.3 Å². The lowest BCUT2D eigenvalue weighted by atomic mass is 10.2. The third kappa shape index (κ3) is 4.08. The second-order valence-electron chi connectivity index (χ2n) is 4.95. The quantitative estimate of drug-likeness (QED) is 0.804. The summed E-state index contributed by atoms with van der Waals surface area (Å²) in [6.07, 6.45) is 5.99. The Labute approximate surface area is 109 Å². The van der Waals surface area contributed by atoms with Gasteiger partial charge in [0.1, 0.15) is 0 Å². The molecule has 0 radical (unpaired) electrons. The van der Waals surface area contributed by atoms with E-state index in [1.807, 2.05) is 18.7 Å². The van der Waals surface area contributed by atoms with E-state index in [1.165, 1.54) is 0 Å². The van der Waals surface area contributed by atoms with Crippen LogP contribution in [0.25, 0.3) is 0 Å². The lowest BCUT2D eigenvalue weighted by molar-refractivity contribution is -0.0263. The highest BCUT2D eigenvalue weighted by atomic mass is 16.5. The van der Waals surface area contributed by atoms with Gasteiger partial charge < -0.3 is 14.6 Å². The summed E-state index contributed by atoms with van der Waals surface area (Å²) in [5.74, 6) is 0. The van der Waals surface area contributed by atoms with Crippen LogP contribution in [-0.2, 0) is 11.3 Å². The maximum Gasteiger partial charge on any atom is 0.0946 e. The van der Waals surface area contributed by atoms with Crippen molar-refractivity contribution in [2.24, 2.45) is 0 Å². The molecule has 2 atom stereocenters. The van der Waals surface area contributed by atoms with Crippen LogP contribution >= 0.6 is 0 Å². The predicted octanol–water partition coefficient (Wildman–Crippen LogP) is 0.582. The monoisotopic (exact) mass is 252 g/mol. The molecule has 1 saturated heterocycles. The minimum absolute atomic E-state index is 0.323. The Morgan fingerprint density at radius 3 is 3.17 bits per heavy atom. The van der Waals surface area contributed by atoms with Crippen molar-refractivity contribution in [2.75, 3.05) is 32.8 Å². The van der Waals surface area contributed by atoms with Crippen molar-refractivity contribution < 1.29 is 4.74 Å². The Hall–Kier alpha value is -0.910. The van der Waals surface area contributed by atoms with Crippen molar-refractivity contribution in [3.8, 4) is 0 Å². The first-order chi connectivity index (χ1) is 8.78. The average molecular weight is 252 g/mol. The zero-order valence-corrected chi connectivity index (χ0v) is 11.4. The van der Waals surface area contributed by atoms with Gasteiger partial charge >= 0.3 is 0 Å². The summed E-state index contributed by atoms with van der Waals surface area (Å²) in [6, 6.07) is 0.430. The molecule has 0 bridgehead atoms. The van der Waals surface area contributed by atoms with Crippen LogP contribution in [-0.4, -0.2) is 59.4 Å². The third-order valence-corrected chi connectivity index (χ3v) is 3.41. The smallest absolute Gasteiger partial charge is 0.0946 e. The number of nitrogens with one attached hydrogen (secondary N) is 1. The number of aromatic nitrogens is 2. The molecule has 1 aliphatic rings. The minimum Gasteiger partial charge on any atom is -0.374 e. The van der Waals surface area contributed by atoms with Gasteiger partial charge in [0.15, 0.2) is 0 Å². The van der Waals surface area contributed by atoms with E-state index < -0.39 is 0 Å². The number of nitrogens with zero attached hydrogens (tertiary/aromatic N) is 3. The summed E-state index contributed by atoms with van der Waals surface area (Å²) in [6.45, 7) is 10.4. The van der Waals surface area contributed by atoms with E-state index in [0.29, 0.717) is 12.1 Å². The van der Waals surface area contributed by atoms with Crippen molar-refractivity contribution in [2.45, 2.75) is 32.5 Å². The molecule has 1 aliphatic heterocycles. The molecular formula is C13H24N4O. The Morgan fingerprint density at radius 1 is 1.56 bits per heavy atom. The molecule has 0 aliphatic carbocycles. The first-order valence-electron chi connectivity index (χ1n) is 6.81. The summed E-state index contributed by atoms with van der Waals surface area (Å²) >= 11 is 0. The molecule has 18 heavy (non-hydrogen) atoms. The van der Waals surface area contributed by atoms with Crippen LogP contribution in [0.5, 0.6) is 0 Å². The molecule has 0 spiro atoms. The summed E-state index contributed by atoms with van der Waals surface area (Å²) in [4.78, 5) is 6.49. The Balaban J connectivity index is 1.67. The highest BCUT2D eigenvalue weighted by molar-refractivity contribution is 4.78. The largest absolute Gasteiger partial charge is 0.374 e. The molecule has 0 saturated carbocycles. The standard InChI is InChI=1S/C13H24N4O/c1-3-16-6-7-18-13(10-16)8-15-12(2)9-17-5-4-14-11-17/h4-5,11-13,15H,3,6-10H2,1-2H3. The van der Waals surface area contributed by atoms with Gasteiger partial charge in [-0.25, -0.2) is 4.98 Å². The van der Waals surface area contributed by atoms with E-state index in [9.17, 15) is 0 Å². The summed E-state index contributed by atoms with van der Waals surface area (Å²) in [7, 11) is 0. The normalized spacial score (nSPS) is 23.1. The van der Waals surface area contributed by atoms with Crippen molar-refractivity contribution in [1.29, 1.82) is 0 Å². The molecule has 2 unspecified atom stereocenters. The first-order valence-corrected chi connectivity index (χ1v) is 6.81. The van der Waals surface area contributed by atoms with Crippen LogP contribution in [0.1, 0.15) is 13.8 Å². The molecule has 5 nitrogen and oxygen atoms in total. The minimum atomic E-state index is 0.323. The van der Waals surface area contributed by atoms with Gasteiger partial charge in [-0.3, -0.25) is 4.90 Å². The number of likely N-dealkylation sites (N-methyl/N-ethyl adjacent to an activating group) is 1. The van der Waals surface area contributed by atoms with Gasteiger partial charge in [0.25, 0.3) is 0 Å². The summed E-state index contributed by atoms with van der Waals surface area (Å²) in [5, 5.41) is 3.53. The fourth-order valence-corrected chi connectivity index (χ4v) is 2.30. The zero-order chi connectivity index (χ0) is 12.8. The van der Waals surface area contributed by atoms with Crippen LogP contribution in [0.3, 0.4) is 0 Å². The molecule has 2 heterocycles. The van der Waals surface area contributed by atoms with Crippen molar-refractivity contribution in [1.82, 2.24) is 19.8 Å². The molecule has 1 aromatic heterocycles. The molecule has 5 heteroatoms. The maximum absolute atomic E-state index is 5.77. The van der Waals surface area contributed by atoms with Gasteiger partial charge in [-0.1, -0.05) is 6.92 Å². The van der Waals surface area contributed by atoms with E-state index >= 15 is 0 Å². The molecule has 0 amide bonds. The summed E-state index contributed by atoms with van der Waals surface area (Å²) in [5.41, 5.74) is 0. The van der Waals surface area contributed by atoms with Gasteiger partial charge in [-0.15, -0.1) is 0 Å². The molecule has 1 aromatic rings. The number of morpholine rings is 1. The van der Waals surface area contributed by atoms with Crippen LogP contribution in [0.2, 0.25) is 0 Å².